The highest BCUT2D eigenvalue weighted by molar-refractivity contribution is 6.74. The van der Waals surface area contributed by atoms with Crippen molar-refractivity contribution in [3.05, 3.63) is 12.2 Å². The second kappa shape index (κ2) is 8.79. The zero-order valence-corrected chi connectivity index (χ0v) is 23.9. The first-order valence-electron chi connectivity index (χ1n) is 12.7. The first-order chi connectivity index (χ1) is 14.8. The molecule has 0 aromatic carbocycles. The monoisotopic (exact) mass is 478 g/mol. The van der Waals surface area contributed by atoms with Gasteiger partial charge in [-0.1, -0.05) is 46.8 Å². The topological polar surface area (TPSA) is 54.0 Å². The molecule has 3 aliphatic carbocycles. The lowest BCUT2D eigenvalue weighted by molar-refractivity contribution is -0.185. The van der Waals surface area contributed by atoms with Crippen molar-refractivity contribution in [1.82, 2.24) is 0 Å². The van der Waals surface area contributed by atoms with E-state index in [9.17, 15) is 4.79 Å². The van der Waals surface area contributed by atoms with Gasteiger partial charge >= 0.3 is 13.1 Å². The third-order valence-corrected chi connectivity index (χ3v) is 13.1. The lowest BCUT2D eigenvalue weighted by Gasteiger charge is -2.63. The molecular weight excluding hydrogens is 431 g/mol. The maximum Gasteiger partial charge on any atom is 0.461 e. The SMILES string of the molecule is CC(C)(C)OC(=O)CC(C=CCB1O[C@@H]2[C@@H]3C[C@H](C[C@]2(C)O1)C3(C)C)O[Si](C)(C)C(C)(C)C. The fourth-order valence-corrected chi connectivity index (χ4v) is 6.76. The molecule has 0 aromatic heterocycles. The zero-order chi connectivity index (χ0) is 25.0. The average molecular weight is 479 g/mol. The van der Waals surface area contributed by atoms with E-state index in [2.05, 4.69) is 60.7 Å². The van der Waals surface area contributed by atoms with E-state index < -0.39 is 13.9 Å². The molecule has 188 valence electrons. The van der Waals surface area contributed by atoms with Crippen molar-refractivity contribution in [2.45, 2.75) is 129 Å². The van der Waals surface area contributed by atoms with E-state index in [4.69, 9.17) is 18.5 Å². The van der Waals surface area contributed by atoms with E-state index in [-0.39, 0.29) is 42.4 Å². The van der Waals surface area contributed by atoms with Crippen LogP contribution in [0.2, 0.25) is 24.5 Å². The van der Waals surface area contributed by atoms with Gasteiger partial charge in [-0.2, -0.15) is 0 Å². The Morgan fingerprint density at radius 3 is 2.36 bits per heavy atom. The van der Waals surface area contributed by atoms with Gasteiger partial charge in [0.2, 0.25) is 0 Å². The molecule has 1 aliphatic heterocycles. The van der Waals surface area contributed by atoms with E-state index in [1.807, 2.05) is 26.8 Å². The smallest absolute Gasteiger partial charge is 0.460 e. The van der Waals surface area contributed by atoms with Crippen LogP contribution in [-0.2, 0) is 23.3 Å². The summed E-state index contributed by atoms with van der Waals surface area (Å²) in [6.07, 6.45) is 7.17. The van der Waals surface area contributed by atoms with Crippen LogP contribution in [0, 0.1) is 17.3 Å². The largest absolute Gasteiger partial charge is 0.461 e. The second-order valence-electron chi connectivity index (χ2n) is 13.9. The summed E-state index contributed by atoms with van der Waals surface area (Å²) in [4.78, 5) is 12.6. The van der Waals surface area contributed by atoms with Crippen molar-refractivity contribution in [1.29, 1.82) is 0 Å². The van der Waals surface area contributed by atoms with Gasteiger partial charge < -0.3 is 18.5 Å². The summed E-state index contributed by atoms with van der Waals surface area (Å²) in [5.41, 5.74) is -0.322. The molecule has 1 unspecified atom stereocenters. The molecule has 0 radical (unpaired) electrons. The number of ether oxygens (including phenoxy) is 1. The van der Waals surface area contributed by atoms with Crippen LogP contribution in [0.1, 0.15) is 81.6 Å². The van der Waals surface area contributed by atoms with Gasteiger partial charge in [0, 0.05) is 6.32 Å². The van der Waals surface area contributed by atoms with Crippen molar-refractivity contribution in [2.75, 3.05) is 0 Å². The van der Waals surface area contributed by atoms with Crippen LogP contribution in [0.5, 0.6) is 0 Å². The molecule has 5 atom stereocenters. The number of carbonyl (C=O) groups excluding carboxylic acids is 1. The van der Waals surface area contributed by atoms with Gasteiger partial charge in [-0.15, -0.1) is 0 Å². The summed E-state index contributed by atoms with van der Waals surface area (Å²) in [6, 6.07) is 0. The molecule has 1 saturated heterocycles. The fourth-order valence-electron chi connectivity index (χ4n) is 5.49. The maximum atomic E-state index is 12.6. The molecule has 5 nitrogen and oxygen atoms in total. The van der Waals surface area contributed by atoms with Gasteiger partial charge in [-0.05, 0) is 75.9 Å². The van der Waals surface area contributed by atoms with Gasteiger partial charge in [0.1, 0.15) is 5.60 Å². The molecule has 0 amide bonds. The number of rotatable bonds is 7. The van der Waals surface area contributed by atoms with Gasteiger partial charge in [0.25, 0.3) is 0 Å². The van der Waals surface area contributed by atoms with Crippen LogP contribution in [-0.4, -0.2) is 44.8 Å². The third-order valence-electron chi connectivity index (χ3n) is 8.58. The first-order valence-corrected chi connectivity index (χ1v) is 15.6. The Labute approximate surface area is 203 Å². The van der Waals surface area contributed by atoms with Crippen LogP contribution in [0.3, 0.4) is 0 Å². The van der Waals surface area contributed by atoms with Crippen molar-refractivity contribution < 1.29 is 23.3 Å². The summed E-state index contributed by atoms with van der Waals surface area (Å²) >= 11 is 0. The van der Waals surface area contributed by atoms with Gasteiger partial charge in [0.15, 0.2) is 8.32 Å². The molecule has 0 aromatic rings. The second-order valence-corrected chi connectivity index (χ2v) is 18.6. The Balaban J connectivity index is 1.64. The summed E-state index contributed by atoms with van der Waals surface area (Å²) < 4.78 is 25.0. The van der Waals surface area contributed by atoms with Gasteiger partial charge in [0.05, 0.1) is 24.2 Å². The minimum absolute atomic E-state index is 0.0581. The lowest BCUT2D eigenvalue weighted by atomic mass is 9.45. The van der Waals surface area contributed by atoms with E-state index >= 15 is 0 Å². The van der Waals surface area contributed by atoms with E-state index in [0.29, 0.717) is 17.7 Å². The van der Waals surface area contributed by atoms with Gasteiger partial charge in [-0.25, -0.2) is 0 Å². The molecule has 4 fully saturated rings. The molecule has 3 saturated carbocycles. The molecule has 33 heavy (non-hydrogen) atoms. The Morgan fingerprint density at radius 2 is 1.82 bits per heavy atom. The normalized spacial score (nSPS) is 32.5. The molecule has 4 rings (SSSR count). The molecule has 2 bridgehead atoms. The number of hydrogen-bond acceptors (Lipinski definition) is 5. The minimum Gasteiger partial charge on any atom is -0.460 e. The summed E-state index contributed by atoms with van der Waals surface area (Å²) in [6.45, 7) is 23.7. The number of hydrogen-bond donors (Lipinski definition) is 0. The summed E-state index contributed by atoms with van der Waals surface area (Å²) in [7, 11) is -2.29. The van der Waals surface area contributed by atoms with E-state index in [1.165, 1.54) is 6.42 Å². The molecule has 0 spiro atoms. The predicted octanol–water partition coefficient (Wildman–Crippen LogP) is 6.39. The Morgan fingerprint density at radius 1 is 1.18 bits per heavy atom. The first kappa shape index (κ1) is 27.0. The maximum absolute atomic E-state index is 12.6. The molecule has 4 aliphatic rings. The van der Waals surface area contributed by atoms with E-state index in [1.54, 1.807) is 0 Å². The molecule has 0 N–H and O–H groups in total. The Kier molecular flexibility index (Phi) is 7.18. The number of esters is 1. The predicted molar refractivity (Wildman–Crippen MR) is 137 cm³/mol. The Hall–Kier alpha value is -0.628. The summed E-state index contributed by atoms with van der Waals surface area (Å²) in [5.74, 6) is 1.08. The molecule has 7 heteroatoms. The van der Waals surface area contributed by atoms with Crippen LogP contribution in [0.4, 0.5) is 0 Å². The quantitative estimate of drug-likeness (QED) is 0.241. The van der Waals surface area contributed by atoms with Gasteiger partial charge in [-0.3, -0.25) is 4.79 Å². The van der Waals surface area contributed by atoms with Crippen LogP contribution in [0.15, 0.2) is 12.2 Å². The highest BCUT2D eigenvalue weighted by Crippen LogP contribution is 2.64. The molecule has 1 heterocycles. The highest BCUT2D eigenvalue weighted by Gasteiger charge is 2.66. The van der Waals surface area contributed by atoms with Crippen LogP contribution >= 0.6 is 0 Å². The number of carbonyl (C=O) groups is 1. The standard InChI is InChI=1S/C26H47BO5Si/c1-23(2,3)29-21(28)16-19(31-33(10,11)24(4,5)6)13-12-14-27-30-22-20-15-18(25(20,7)8)17-26(22,9)32-27/h12-13,18-20,22H,14-17H2,1-11H3/t18-,19?,20+,22-,26+/m1/s1. The number of allylic oxidation sites excluding steroid dienone is 1. The van der Waals surface area contributed by atoms with Crippen molar-refractivity contribution >= 4 is 21.4 Å². The van der Waals surface area contributed by atoms with Crippen LogP contribution < -0.4 is 0 Å². The Bertz CT molecular complexity index is 766. The average Bonchev–Trinajstić information content (AvgIpc) is 2.94. The highest BCUT2D eigenvalue weighted by atomic mass is 28.4. The van der Waals surface area contributed by atoms with E-state index in [0.717, 1.165) is 12.3 Å². The lowest BCUT2D eigenvalue weighted by Crippen LogP contribution is -2.63. The fraction of sp³-hybridized carbons (Fsp3) is 0.885. The zero-order valence-electron chi connectivity index (χ0n) is 22.9. The third kappa shape index (κ3) is 5.79. The van der Waals surface area contributed by atoms with Crippen molar-refractivity contribution in [2.24, 2.45) is 17.3 Å². The summed E-state index contributed by atoms with van der Waals surface area (Å²) in [5, 5.41) is 0.0581. The van der Waals surface area contributed by atoms with Crippen molar-refractivity contribution in [3.63, 3.8) is 0 Å². The van der Waals surface area contributed by atoms with Crippen molar-refractivity contribution in [3.8, 4) is 0 Å². The minimum atomic E-state index is -2.05. The molecular formula is C26H47BO5Si. The van der Waals surface area contributed by atoms with Crippen LogP contribution in [0.25, 0.3) is 0 Å².